The van der Waals surface area contributed by atoms with Crippen LogP contribution in [0.3, 0.4) is 0 Å². The standard InChI is InChI=1S/C18H25N3O3/c1-12-7-9-20(10-8-12)16-6-3-14(11-19-16)17(22)21(15-4-5-15)13(2)18(23)24/h3,6,11-13,15H,4-5,7-10H2,1-2H3,(H,23,24). The first kappa shape index (κ1) is 16.7. The molecule has 1 aromatic rings. The van der Waals surface area contributed by atoms with Crippen molar-refractivity contribution in [1.29, 1.82) is 0 Å². The number of anilines is 1. The van der Waals surface area contributed by atoms with Gasteiger partial charge in [-0.2, -0.15) is 0 Å². The topological polar surface area (TPSA) is 73.7 Å². The fraction of sp³-hybridized carbons (Fsp3) is 0.611. The summed E-state index contributed by atoms with van der Waals surface area (Å²) in [5.74, 6) is 0.440. The van der Waals surface area contributed by atoms with Crippen molar-refractivity contribution in [2.45, 2.75) is 51.6 Å². The number of hydrogen-bond acceptors (Lipinski definition) is 4. The van der Waals surface area contributed by atoms with Crippen LogP contribution >= 0.6 is 0 Å². The summed E-state index contributed by atoms with van der Waals surface area (Å²) in [5.41, 5.74) is 0.462. The smallest absolute Gasteiger partial charge is 0.326 e. The van der Waals surface area contributed by atoms with E-state index >= 15 is 0 Å². The van der Waals surface area contributed by atoms with E-state index in [9.17, 15) is 14.7 Å². The number of rotatable bonds is 5. The molecule has 3 rings (SSSR count). The summed E-state index contributed by atoms with van der Waals surface area (Å²) in [4.78, 5) is 32.2. The SMILES string of the molecule is CC1CCN(c2ccc(C(=O)N(C3CC3)C(C)C(=O)O)cn2)CC1. The number of carboxylic acid groups (broad SMARTS) is 1. The summed E-state index contributed by atoms with van der Waals surface area (Å²) >= 11 is 0. The van der Waals surface area contributed by atoms with Crippen LogP contribution in [-0.4, -0.2) is 52.0 Å². The first-order chi connectivity index (χ1) is 11.5. The van der Waals surface area contributed by atoms with Gasteiger partial charge in [0.25, 0.3) is 5.91 Å². The summed E-state index contributed by atoms with van der Waals surface area (Å²) in [6, 6.07) is 2.88. The Morgan fingerprint density at radius 1 is 1.25 bits per heavy atom. The number of carbonyl (C=O) groups excluding carboxylic acids is 1. The van der Waals surface area contributed by atoms with Gasteiger partial charge in [-0.1, -0.05) is 6.92 Å². The third kappa shape index (κ3) is 3.52. The van der Waals surface area contributed by atoms with E-state index in [1.165, 1.54) is 4.90 Å². The monoisotopic (exact) mass is 331 g/mol. The van der Waals surface area contributed by atoms with Gasteiger partial charge in [0, 0.05) is 25.3 Å². The number of piperidine rings is 1. The number of aliphatic carboxylic acids is 1. The molecule has 1 N–H and O–H groups in total. The van der Waals surface area contributed by atoms with Gasteiger partial charge < -0.3 is 14.9 Å². The second-order valence-corrected chi connectivity index (χ2v) is 7.03. The van der Waals surface area contributed by atoms with E-state index in [2.05, 4.69) is 16.8 Å². The van der Waals surface area contributed by atoms with Crippen molar-refractivity contribution in [2.75, 3.05) is 18.0 Å². The van der Waals surface area contributed by atoms with Crippen molar-refractivity contribution >= 4 is 17.7 Å². The average Bonchev–Trinajstić information content (AvgIpc) is 3.40. The minimum absolute atomic E-state index is 0.0480. The maximum absolute atomic E-state index is 12.7. The Balaban J connectivity index is 1.72. The molecular formula is C18H25N3O3. The summed E-state index contributed by atoms with van der Waals surface area (Å²) in [5, 5.41) is 9.24. The van der Waals surface area contributed by atoms with Gasteiger partial charge in [0.2, 0.25) is 0 Å². The third-order valence-corrected chi connectivity index (χ3v) is 5.05. The quantitative estimate of drug-likeness (QED) is 0.897. The number of amides is 1. The van der Waals surface area contributed by atoms with Crippen molar-refractivity contribution in [1.82, 2.24) is 9.88 Å². The van der Waals surface area contributed by atoms with Crippen LogP contribution in [-0.2, 0) is 4.79 Å². The Labute approximate surface area is 142 Å². The van der Waals surface area contributed by atoms with Gasteiger partial charge in [0.05, 0.1) is 5.56 Å². The van der Waals surface area contributed by atoms with E-state index in [1.54, 1.807) is 19.2 Å². The van der Waals surface area contributed by atoms with Crippen LogP contribution in [0.5, 0.6) is 0 Å². The van der Waals surface area contributed by atoms with Crippen molar-refractivity contribution in [3.05, 3.63) is 23.9 Å². The molecule has 1 aromatic heterocycles. The highest BCUT2D eigenvalue weighted by molar-refractivity contribution is 5.96. The molecule has 2 fully saturated rings. The average molecular weight is 331 g/mol. The predicted octanol–water partition coefficient (Wildman–Crippen LogP) is 2.40. The minimum atomic E-state index is -0.970. The van der Waals surface area contributed by atoms with Crippen molar-refractivity contribution in [3.63, 3.8) is 0 Å². The highest BCUT2D eigenvalue weighted by Crippen LogP contribution is 2.30. The molecule has 2 heterocycles. The van der Waals surface area contributed by atoms with E-state index in [1.807, 2.05) is 6.07 Å². The van der Waals surface area contributed by atoms with Crippen LogP contribution in [0.1, 0.15) is 49.9 Å². The van der Waals surface area contributed by atoms with Crippen molar-refractivity contribution in [3.8, 4) is 0 Å². The second kappa shape index (κ2) is 6.79. The van der Waals surface area contributed by atoms with Crippen LogP contribution in [0.25, 0.3) is 0 Å². The van der Waals surface area contributed by atoms with Crippen LogP contribution in [0.2, 0.25) is 0 Å². The molecule has 6 nitrogen and oxygen atoms in total. The molecule has 1 amide bonds. The maximum Gasteiger partial charge on any atom is 0.326 e. The lowest BCUT2D eigenvalue weighted by molar-refractivity contribution is -0.141. The molecule has 1 saturated heterocycles. The largest absolute Gasteiger partial charge is 0.480 e. The van der Waals surface area contributed by atoms with Crippen LogP contribution in [0.15, 0.2) is 18.3 Å². The first-order valence-electron chi connectivity index (χ1n) is 8.74. The molecule has 2 aliphatic rings. The molecule has 130 valence electrons. The zero-order chi connectivity index (χ0) is 17.3. The van der Waals surface area contributed by atoms with Crippen LogP contribution in [0, 0.1) is 5.92 Å². The van der Waals surface area contributed by atoms with Gasteiger partial charge in [-0.25, -0.2) is 9.78 Å². The van der Waals surface area contributed by atoms with Gasteiger partial charge >= 0.3 is 5.97 Å². The normalized spacial score (nSPS) is 19.8. The Kier molecular flexibility index (Phi) is 4.73. The van der Waals surface area contributed by atoms with Crippen LogP contribution < -0.4 is 4.90 Å². The molecular weight excluding hydrogens is 306 g/mol. The molecule has 1 aliphatic carbocycles. The lowest BCUT2D eigenvalue weighted by atomic mass is 9.99. The number of carboxylic acids is 1. The van der Waals surface area contributed by atoms with Gasteiger partial charge in [-0.05, 0) is 50.7 Å². The Morgan fingerprint density at radius 3 is 2.42 bits per heavy atom. The Morgan fingerprint density at radius 2 is 1.92 bits per heavy atom. The summed E-state index contributed by atoms with van der Waals surface area (Å²) in [6.07, 6.45) is 5.66. The molecule has 1 unspecified atom stereocenters. The second-order valence-electron chi connectivity index (χ2n) is 7.03. The lowest BCUT2D eigenvalue weighted by Crippen LogP contribution is -2.44. The minimum Gasteiger partial charge on any atom is -0.480 e. The van der Waals surface area contributed by atoms with E-state index < -0.39 is 12.0 Å². The van der Waals surface area contributed by atoms with Gasteiger partial charge in [0.1, 0.15) is 11.9 Å². The molecule has 6 heteroatoms. The van der Waals surface area contributed by atoms with Gasteiger partial charge in [-0.15, -0.1) is 0 Å². The van der Waals surface area contributed by atoms with E-state index in [-0.39, 0.29) is 11.9 Å². The zero-order valence-corrected chi connectivity index (χ0v) is 14.3. The molecule has 1 saturated carbocycles. The van der Waals surface area contributed by atoms with Gasteiger partial charge in [0.15, 0.2) is 0 Å². The Bertz CT molecular complexity index is 604. The number of hydrogen-bond donors (Lipinski definition) is 1. The molecule has 1 aliphatic heterocycles. The summed E-state index contributed by atoms with van der Waals surface area (Å²) < 4.78 is 0. The number of aromatic nitrogens is 1. The van der Waals surface area contributed by atoms with Crippen molar-refractivity contribution < 1.29 is 14.7 Å². The maximum atomic E-state index is 12.7. The molecule has 24 heavy (non-hydrogen) atoms. The molecule has 0 aromatic carbocycles. The first-order valence-corrected chi connectivity index (χ1v) is 8.74. The highest BCUT2D eigenvalue weighted by atomic mass is 16.4. The van der Waals surface area contributed by atoms with E-state index in [0.717, 1.165) is 50.5 Å². The number of carbonyl (C=O) groups is 2. The van der Waals surface area contributed by atoms with E-state index in [4.69, 9.17) is 0 Å². The highest BCUT2D eigenvalue weighted by Gasteiger charge is 2.38. The van der Waals surface area contributed by atoms with Crippen molar-refractivity contribution in [2.24, 2.45) is 5.92 Å². The third-order valence-electron chi connectivity index (χ3n) is 5.05. The molecule has 0 radical (unpaired) electrons. The number of nitrogens with zero attached hydrogens (tertiary/aromatic N) is 3. The summed E-state index contributed by atoms with van der Waals surface area (Å²) in [7, 11) is 0. The fourth-order valence-corrected chi connectivity index (χ4v) is 3.22. The van der Waals surface area contributed by atoms with E-state index in [0.29, 0.717) is 5.56 Å². The molecule has 0 bridgehead atoms. The zero-order valence-electron chi connectivity index (χ0n) is 14.3. The summed E-state index contributed by atoms with van der Waals surface area (Å²) in [6.45, 7) is 5.81. The predicted molar refractivity (Wildman–Crippen MR) is 91.1 cm³/mol. The number of pyridine rings is 1. The fourth-order valence-electron chi connectivity index (χ4n) is 3.22. The Hall–Kier alpha value is -2.11. The molecule has 0 spiro atoms. The lowest BCUT2D eigenvalue weighted by Gasteiger charge is -2.31. The molecule has 1 atom stereocenters. The van der Waals surface area contributed by atoms with Crippen LogP contribution in [0.4, 0.5) is 5.82 Å². The van der Waals surface area contributed by atoms with Gasteiger partial charge in [-0.3, -0.25) is 4.79 Å².